The minimum atomic E-state index is -0.352. The van der Waals surface area contributed by atoms with Crippen LogP contribution >= 0.6 is 0 Å². The monoisotopic (exact) mass is 270 g/mol. The Labute approximate surface area is 116 Å². The van der Waals surface area contributed by atoms with Gasteiger partial charge in [0.25, 0.3) is 0 Å². The highest BCUT2D eigenvalue weighted by molar-refractivity contribution is 5.44. The fourth-order valence-electron chi connectivity index (χ4n) is 2.48. The fraction of sp³-hybridized carbons (Fsp3) is 0.250. The van der Waals surface area contributed by atoms with E-state index in [2.05, 4.69) is 12.1 Å². The molecular formula is C16H14O4. The van der Waals surface area contributed by atoms with Crippen molar-refractivity contribution in [1.82, 2.24) is 0 Å². The van der Waals surface area contributed by atoms with Gasteiger partial charge in [-0.15, -0.1) is 0 Å². The maximum atomic E-state index is 5.97. The molecule has 0 aromatic heterocycles. The van der Waals surface area contributed by atoms with Crippen molar-refractivity contribution >= 4 is 0 Å². The molecule has 2 aromatic rings. The molecule has 4 rings (SSSR count). The summed E-state index contributed by atoms with van der Waals surface area (Å²) in [5.41, 5.74) is 2.09. The molecule has 4 nitrogen and oxygen atoms in total. The molecular weight excluding hydrogens is 256 g/mol. The summed E-state index contributed by atoms with van der Waals surface area (Å²) in [6, 6.07) is 15.9. The molecule has 0 unspecified atom stereocenters. The Bertz CT molecular complexity index is 611. The van der Waals surface area contributed by atoms with Gasteiger partial charge in [-0.1, -0.05) is 30.3 Å². The van der Waals surface area contributed by atoms with E-state index in [1.165, 1.54) is 0 Å². The smallest absolute Gasteiger partial charge is 0.231 e. The lowest BCUT2D eigenvalue weighted by atomic mass is 10.1. The van der Waals surface area contributed by atoms with Crippen LogP contribution in [0.4, 0.5) is 0 Å². The van der Waals surface area contributed by atoms with E-state index < -0.39 is 0 Å². The number of ether oxygens (including phenoxy) is 4. The summed E-state index contributed by atoms with van der Waals surface area (Å²) in [6.07, 6.45) is -0.374. The Kier molecular flexibility index (Phi) is 2.83. The quantitative estimate of drug-likeness (QED) is 0.839. The van der Waals surface area contributed by atoms with Gasteiger partial charge in [0.15, 0.2) is 17.8 Å². The van der Waals surface area contributed by atoms with Crippen LogP contribution in [-0.2, 0) is 9.47 Å². The first-order valence-electron chi connectivity index (χ1n) is 6.62. The summed E-state index contributed by atoms with van der Waals surface area (Å²) in [5, 5.41) is 0. The van der Waals surface area contributed by atoms with Crippen molar-refractivity contribution in [2.24, 2.45) is 0 Å². The van der Waals surface area contributed by atoms with E-state index in [1.807, 2.05) is 36.4 Å². The summed E-state index contributed by atoms with van der Waals surface area (Å²) in [7, 11) is 0. The third-order valence-corrected chi connectivity index (χ3v) is 3.53. The minimum Gasteiger partial charge on any atom is -0.454 e. The zero-order valence-electron chi connectivity index (χ0n) is 10.8. The van der Waals surface area contributed by atoms with E-state index in [-0.39, 0.29) is 19.2 Å². The van der Waals surface area contributed by atoms with Crippen LogP contribution < -0.4 is 9.47 Å². The van der Waals surface area contributed by atoms with Gasteiger partial charge in [-0.3, -0.25) is 0 Å². The molecule has 0 spiro atoms. The standard InChI is InChI=1S/C16H14O4/c1-2-4-11(5-3-1)15-9-17-16(20-15)12-6-7-13-14(8-12)19-10-18-13/h1-8,15-16H,9-10H2/t15-,16-/m1/s1. The van der Waals surface area contributed by atoms with E-state index in [9.17, 15) is 0 Å². The molecule has 0 aliphatic carbocycles. The average Bonchev–Trinajstić information content (AvgIpc) is 3.16. The van der Waals surface area contributed by atoms with Gasteiger partial charge >= 0.3 is 0 Å². The van der Waals surface area contributed by atoms with Crippen LogP contribution in [0, 0.1) is 0 Å². The third kappa shape index (κ3) is 2.03. The van der Waals surface area contributed by atoms with Gasteiger partial charge in [-0.25, -0.2) is 0 Å². The van der Waals surface area contributed by atoms with Crippen LogP contribution in [0.3, 0.4) is 0 Å². The van der Waals surface area contributed by atoms with E-state index in [4.69, 9.17) is 18.9 Å². The highest BCUT2D eigenvalue weighted by atomic mass is 16.7. The summed E-state index contributed by atoms with van der Waals surface area (Å²) < 4.78 is 22.4. The first-order valence-corrected chi connectivity index (χ1v) is 6.62. The number of fused-ring (bicyclic) bond motifs is 1. The second-order valence-electron chi connectivity index (χ2n) is 4.81. The summed E-state index contributed by atoms with van der Waals surface area (Å²) >= 11 is 0. The van der Waals surface area contributed by atoms with Crippen molar-refractivity contribution in [1.29, 1.82) is 0 Å². The van der Waals surface area contributed by atoms with Crippen molar-refractivity contribution in [2.45, 2.75) is 12.4 Å². The highest BCUT2D eigenvalue weighted by Crippen LogP contribution is 2.39. The van der Waals surface area contributed by atoms with Gasteiger partial charge < -0.3 is 18.9 Å². The SMILES string of the molecule is c1ccc([C@H]2CO[C@@H](c3ccc4c(c3)OCO4)O2)cc1. The van der Waals surface area contributed by atoms with Crippen LogP contribution in [0.15, 0.2) is 48.5 Å². The molecule has 2 heterocycles. The van der Waals surface area contributed by atoms with Crippen LogP contribution in [0.5, 0.6) is 11.5 Å². The summed E-state index contributed by atoms with van der Waals surface area (Å²) in [6.45, 7) is 0.834. The average molecular weight is 270 g/mol. The summed E-state index contributed by atoms with van der Waals surface area (Å²) in [4.78, 5) is 0. The second kappa shape index (κ2) is 4.81. The lowest BCUT2D eigenvalue weighted by Gasteiger charge is -2.12. The van der Waals surface area contributed by atoms with Crippen LogP contribution in [0.25, 0.3) is 0 Å². The molecule has 0 bridgehead atoms. The second-order valence-corrected chi connectivity index (χ2v) is 4.81. The predicted octanol–water partition coefficient (Wildman–Crippen LogP) is 3.20. The summed E-state index contributed by atoms with van der Waals surface area (Å²) in [5.74, 6) is 1.52. The van der Waals surface area contributed by atoms with E-state index in [0.717, 1.165) is 22.6 Å². The Morgan fingerprint density at radius 2 is 1.70 bits per heavy atom. The molecule has 2 aliphatic heterocycles. The van der Waals surface area contributed by atoms with Crippen LogP contribution in [0.1, 0.15) is 23.5 Å². The Morgan fingerprint density at radius 3 is 2.60 bits per heavy atom. The largest absolute Gasteiger partial charge is 0.454 e. The Hall–Kier alpha value is -2.04. The molecule has 0 radical (unpaired) electrons. The van der Waals surface area contributed by atoms with E-state index >= 15 is 0 Å². The number of rotatable bonds is 2. The van der Waals surface area contributed by atoms with Gasteiger partial charge in [0, 0.05) is 5.56 Å². The van der Waals surface area contributed by atoms with Gasteiger partial charge in [-0.2, -0.15) is 0 Å². The number of hydrogen-bond donors (Lipinski definition) is 0. The molecule has 2 aliphatic rings. The fourth-order valence-corrected chi connectivity index (χ4v) is 2.48. The maximum Gasteiger partial charge on any atom is 0.231 e. The molecule has 1 saturated heterocycles. The van der Waals surface area contributed by atoms with Crippen molar-refractivity contribution in [2.75, 3.05) is 13.4 Å². The predicted molar refractivity (Wildman–Crippen MR) is 71.5 cm³/mol. The van der Waals surface area contributed by atoms with Crippen molar-refractivity contribution in [3.63, 3.8) is 0 Å². The normalized spacial score (nSPS) is 24.0. The third-order valence-electron chi connectivity index (χ3n) is 3.53. The molecule has 1 fully saturated rings. The lowest BCUT2D eigenvalue weighted by molar-refractivity contribution is -0.0608. The molecule has 102 valence electrons. The molecule has 0 amide bonds. The lowest BCUT2D eigenvalue weighted by Crippen LogP contribution is -2.00. The number of benzene rings is 2. The maximum absolute atomic E-state index is 5.97. The van der Waals surface area contributed by atoms with Gasteiger partial charge in [-0.05, 0) is 23.8 Å². The van der Waals surface area contributed by atoms with E-state index in [0.29, 0.717) is 6.61 Å². The van der Waals surface area contributed by atoms with Crippen LogP contribution in [0.2, 0.25) is 0 Å². The van der Waals surface area contributed by atoms with Gasteiger partial charge in [0.05, 0.1) is 6.61 Å². The minimum absolute atomic E-state index is 0.0216. The van der Waals surface area contributed by atoms with Gasteiger partial charge in [0.1, 0.15) is 6.10 Å². The first-order chi connectivity index (χ1) is 9.90. The highest BCUT2D eigenvalue weighted by Gasteiger charge is 2.29. The zero-order chi connectivity index (χ0) is 13.4. The molecule has 2 aromatic carbocycles. The number of hydrogen-bond acceptors (Lipinski definition) is 4. The Morgan fingerprint density at radius 1 is 0.850 bits per heavy atom. The first kappa shape index (κ1) is 11.8. The van der Waals surface area contributed by atoms with Crippen molar-refractivity contribution < 1.29 is 18.9 Å². The Balaban J connectivity index is 1.54. The molecule has 4 heteroatoms. The van der Waals surface area contributed by atoms with E-state index in [1.54, 1.807) is 0 Å². The molecule has 20 heavy (non-hydrogen) atoms. The molecule has 2 atom stereocenters. The molecule has 0 saturated carbocycles. The van der Waals surface area contributed by atoms with Crippen LogP contribution in [-0.4, -0.2) is 13.4 Å². The van der Waals surface area contributed by atoms with Crippen molar-refractivity contribution in [3.05, 3.63) is 59.7 Å². The van der Waals surface area contributed by atoms with Gasteiger partial charge in [0.2, 0.25) is 6.79 Å². The molecule has 0 N–H and O–H groups in total. The van der Waals surface area contributed by atoms with Crippen molar-refractivity contribution in [3.8, 4) is 11.5 Å². The topological polar surface area (TPSA) is 36.9 Å². The zero-order valence-corrected chi connectivity index (χ0v) is 10.8.